The Hall–Kier alpha value is -2.27. The second kappa shape index (κ2) is 6.23. The van der Waals surface area contributed by atoms with Crippen LogP contribution in [0.4, 0.5) is 10.1 Å². The van der Waals surface area contributed by atoms with Crippen molar-refractivity contribution in [1.29, 1.82) is 0 Å². The molecule has 2 aromatic carbocycles. The third-order valence-corrected chi connectivity index (χ3v) is 4.37. The van der Waals surface area contributed by atoms with Crippen LogP contribution in [0.2, 0.25) is 0 Å². The molecular formula is C17H15FN2OS. The minimum Gasteiger partial charge on any atom is -0.349 e. The van der Waals surface area contributed by atoms with Gasteiger partial charge < -0.3 is 9.88 Å². The van der Waals surface area contributed by atoms with Gasteiger partial charge in [-0.2, -0.15) is 0 Å². The fourth-order valence-electron chi connectivity index (χ4n) is 2.33. The van der Waals surface area contributed by atoms with Crippen molar-refractivity contribution in [1.82, 2.24) is 4.57 Å². The lowest BCUT2D eigenvalue weighted by atomic mass is 10.2. The van der Waals surface area contributed by atoms with Crippen LogP contribution in [0.3, 0.4) is 0 Å². The zero-order valence-corrected chi connectivity index (χ0v) is 12.9. The molecule has 1 amide bonds. The quantitative estimate of drug-likeness (QED) is 0.737. The Morgan fingerprint density at radius 2 is 2.05 bits per heavy atom. The highest BCUT2D eigenvalue weighted by Crippen LogP contribution is 2.29. The Morgan fingerprint density at radius 3 is 2.86 bits per heavy atom. The predicted octanol–water partition coefficient (Wildman–Crippen LogP) is 4.05. The molecule has 22 heavy (non-hydrogen) atoms. The average Bonchev–Trinajstić information content (AvgIpc) is 2.82. The fraction of sp³-hybridized carbons (Fsp3) is 0.118. The maximum Gasteiger partial charge on any atom is 0.234 e. The van der Waals surface area contributed by atoms with Crippen LogP contribution in [-0.2, 0) is 11.8 Å². The van der Waals surface area contributed by atoms with E-state index in [9.17, 15) is 9.18 Å². The number of rotatable bonds is 4. The molecule has 0 fully saturated rings. The van der Waals surface area contributed by atoms with Crippen LogP contribution < -0.4 is 5.32 Å². The molecule has 0 aliphatic heterocycles. The molecule has 3 nitrogen and oxygen atoms in total. The third kappa shape index (κ3) is 3.14. The van der Waals surface area contributed by atoms with E-state index in [-0.39, 0.29) is 17.5 Å². The third-order valence-electron chi connectivity index (χ3n) is 3.33. The number of carbonyl (C=O) groups excluding carboxylic acids is 1. The number of fused-ring (bicyclic) bond motifs is 1. The fourth-order valence-corrected chi connectivity index (χ4v) is 3.25. The lowest BCUT2D eigenvalue weighted by Gasteiger charge is -2.04. The van der Waals surface area contributed by atoms with E-state index in [1.54, 1.807) is 12.1 Å². The van der Waals surface area contributed by atoms with Gasteiger partial charge in [-0.1, -0.05) is 24.3 Å². The highest BCUT2D eigenvalue weighted by Gasteiger charge is 2.09. The monoisotopic (exact) mass is 314 g/mol. The summed E-state index contributed by atoms with van der Waals surface area (Å²) < 4.78 is 15.1. The number of carbonyl (C=O) groups is 1. The number of amides is 1. The zero-order chi connectivity index (χ0) is 15.5. The van der Waals surface area contributed by atoms with E-state index in [0.29, 0.717) is 5.69 Å². The highest BCUT2D eigenvalue weighted by molar-refractivity contribution is 8.00. The Morgan fingerprint density at radius 1 is 1.23 bits per heavy atom. The van der Waals surface area contributed by atoms with Gasteiger partial charge in [0.25, 0.3) is 0 Å². The number of thioether (sulfide) groups is 1. The van der Waals surface area contributed by atoms with E-state index in [4.69, 9.17) is 0 Å². The van der Waals surface area contributed by atoms with Crippen molar-refractivity contribution >= 4 is 34.3 Å². The standard InChI is InChI=1S/C17H15FN2OS/c1-20-10-16(14-7-2-3-8-15(14)20)22-11-17(21)19-13-6-4-5-12(18)9-13/h2-10H,11H2,1H3,(H,19,21). The van der Waals surface area contributed by atoms with Crippen LogP contribution in [0.5, 0.6) is 0 Å². The Balaban J connectivity index is 1.68. The van der Waals surface area contributed by atoms with Crippen molar-refractivity contribution in [2.45, 2.75) is 4.90 Å². The van der Waals surface area contributed by atoms with Crippen LogP contribution in [-0.4, -0.2) is 16.2 Å². The van der Waals surface area contributed by atoms with Gasteiger partial charge in [-0.25, -0.2) is 4.39 Å². The van der Waals surface area contributed by atoms with Gasteiger partial charge in [-0.15, -0.1) is 11.8 Å². The summed E-state index contributed by atoms with van der Waals surface area (Å²) in [4.78, 5) is 13.0. The summed E-state index contributed by atoms with van der Waals surface area (Å²) in [6.45, 7) is 0. The van der Waals surface area contributed by atoms with Crippen molar-refractivity contribution in [3.05, 3.63) is 60.5 Å². The first kappa shape index (κ1) is 14.7. The number of nitrogens with one attached hydrogen (secondary N) is 1. The number of para-hydroxylation sites is 1. The molecule has 0 atom stereocenters. The van der Waals surface area contributed by atoms with Crippen LogP contribution >= 0.6 is 11.8 Å². The van der Waals surface area contributed by atoms with E-state index in [1.807, 2.05) is 42.1 Å². The normalized spacial score (nSPS) is 10.8. The first-order valence-corrected chi connectivity index (χ1v) is 7.84. The highest BCUT2D eigenvalue weighted by atomic mass is 32.2. The molecule has 0 bridgehead atoms. The summed E-state index contributed by atoms with van der Waals surface area (Å²) in [6, 6.07) is 14.0. The summed E-state index contributed by atoms with van der Waals surface area (Å²) in [5.41, 5.74) is 1.61. The number of nitrogens with zero attached hydrogens (tertiary/aromatic N) is 1. The molecule has 1 N–H and O–H groups in total. The van der Waals surface area contributed by atoms with E-state index < -0.39 is 0 Å². The molecule has 1 heterocycles. The van der Waals surface area contributed by atoms with Crippen LogP contribution in [0.15, 0.2) is 59.6 Å². The molecule has 5 heteroatoms. The van der Waals surface area contributed by atoms with Gasteiger partial charge in [0.2, 0.25) is 5.91 Å². The predicted molar refractivity (Wildman–Crippen MR) is 88.7 cm³/mol. The number of aromatic nitrogens is 1. The van der Waals surface area contributed by atoms with E-state index in [0.717, 1.165) is 15.8 Å². The van der Waals surface area contributed by atoms with Crippen molar-refractivity contribution in [2.24, 2.45) is 7.05 Å². The molecule has 0 saturated carbocycles. The second-order valence-electron chi connectivity index (χ2n) is 4.97. The lowest BCUT2D eigenvalue weighted by molar-refractivity contribution is -0.113. The number of aryl methyl sites for hydroxylation is 1. The maximum absolute atomic E-state index is 13.1. The molecule has 3 aromatic rings. The van der Waals surface area contributed by atoms with Gasteiger partial charge in [0.1, 0.15) is 5.82 Å². The van der Waals surface area contributed by atoms with Crippen molar-refractivity contribution in [3.63, 3.8) is 0 Å². The van der Waals surface area contributed by atoms with Gasteiger partial charge in [-0.05, 0) is 24.3 Å². The minimum atomic E-state index is -0.362. The van der Waals surface area contributed by atoms with Crippen LogP contribution in [0, 0.1) is 5.82 Å². The number of anilines is 1. The Kier molecular flexibility index (Phi) is 4.15. The topological polar surface area (TPSA) is 34.0 Å². The number of benzene rings is 2. The van der Waals surface area contributed by atoms with Crippen molar-refractivity contribution in [2.75, 3.05) is 11.1 Å². The van der Waals surface area contributed by atoms with Gasteiger partial charge in [-0.3, -0.25) is 4.79 Å². The van der Waals surface area contributed by atoms with Crippen LogP contribution in [0.25, 0.3) is 10.9 Å². The second-order valence-corrected chi connectivity index (χ2v) is 5.99. The van der Waals surface area contributed by atoms with E-state index in [1.165, 1.54) is 23.9 Å². The SMILES string of the molecule is Cn1cc(SCC(=O)Nc2cccc(F)c2)c2ccccc21. The molecule has 0 radical (unpaired) electrons. The van der Waals surface area contributed by atoms with Crippen LogP contribution in [0.1, 0.15) is 0 Å². The summed E-state index contributed by atoms with van der Waals surface area (Å²) in [5, 5.41) is 3.83. The van der Waals surface area contributed by atoms with Gasteiger partial charge in [0.15, 0.2) is 0 Å². The summed E-state index contributed by atoms with van der Waals surface area (Å²) in [7, 11) is 1.99. The number of hydrogen-bond donors (Lipinski definition) is 1. The largest absolute Gasteiger partial charge is 0.349 e. The summed E-state index contributed by atoms with van der Waals surface area (Å²) in [5.74, 6) is -0.229. The van der Waals surface area contributed by atoms with E-state index >= 15 is 0 Å². The average molecular weight is 314 g/mol. The maximum atomic E-state index is 13.1. The first-order valence-electron chi connectivity index (χ1n) is 6.86. The molecule has 0 saturated heterocycles. The molecule has 0 aliphatic rings. The Labute approximate surface area is 132 Å². The van der Waals surface area contributed by atoms with Crippen molar-refractivity contribution in [3.8, 4) is 0 Å². The molecule has 0 aliphatic carbocycles. The van der Waals surface area contributed by atoms with Crippen molar-refractivity contribution < 1.29 is 9.18 Å². The molecule has 112 valence electrons. The van der Waals surface area contributed by atoms with Gasteiger partial charge in [0.05, 0.1) is 5.75 Å². The van der Waals surface area contributed by atoms with Gasteiger partial charge >= 0.3 is 0 Å². The number of hydrogen-bond acceptors (Lipinski definition) is 2. The lowest BCUT2D eigenvalue weighted by Crippen LogP contribution is -2.13. The van der Waals surface area contributed by atoms with Gasteiger partial charge in [0, 0.05) is 34.7 Å². The molecular weight excluding hydrogens is 299 g/mol. The Bertz CT molecular complexity index is 828. The number of halogens is 1. The molecule has 0 unspecified atom stereocenters. The minimum absolute atomic E-state index is 0.150. The smallest absolute Gasteiger partial charge is 0.234 e. The molecule has 0 spiro atoms. The van der Waals surface area contributed by atoms with E-state index in [2.05, 4.69) is 5.32 Å². The zero-order valence-electron chi connectivity index (χ0n) is 12.0. The summed E-state index contributed by atoms with van der Waals surface area (Å²) >= 11 is 1.48. The summed E-state index contributed by atoms with van der Waals surface area (Å²) in [6.07, 6.45) is 2.02. The first-order chi connectivity index (χ1) is 10.6. The molecule has 3 rings (SSSR count). The molecule has 1 aromatic heterocycles.